The van der Waals surface area contributed by atoms with E-state index in [0.717, 1.165) is 17.3 Å². The Hall–Kier alpha value is -3.02. The number of rotatable bonds is 3. The Bertz CT molecular complexity index is 772. The van der Waals surface area contributed by atoms with Crippen LogP contribution in [0.25, 0.3) is 0 Å². The lowest BCUT2D eigenvalue weighted by Gasteiger charge is -2.09. The Morgan fingerprint density at radius 3 is 2.52 bits per heavy atom. The van der Waals surface area contributed by atoms with Gasteiger partial charge in [0.05, 0.1) is 6.21 Å². The minimum Gasteiger partial charge on any atom is -0.317 e. The molecule has 0 aliphatic carbocycles. The van der Waals surface area contributed by atoms with Crippen LogP contribution in [0.1, 0.15) is 16.7 Å². The summed E-state index contributed by atoms with van der Waals surface area (Å²) in [5, 5.41) is 6.09. The fourth-order valence-corrected chi connectivity index (χ4v) is 1.86. The van der Waals surface area contributed by atoms with Crippen molar-refractivity contribution in [3.63, 3.8) is 0 Å². The van der Waals surface area contributed by atoms with E-state index >= 15 is 0 Å². The van der Waals surface area contributed by atoms with Crippen LogP contribution in [0.3, 0.4) is 0 Å². The number of halogens is 1. The Labute approximate surface area is 133 Å². The van der Waals surface area contributed by atoms with Crippen molar-refractivity contribution in [3.8, 4) is 0 Å². The number of amides is 2. The van der Waals surface area contributed by atoms with Gasteiger partial charge in [0, 0.05) is 11.3 Å². The van der Waals surface area contributed by atoms with Gasteiger partial charge in [-0.15, -0.1) is 0 Å². The quantitative estimate of drug-likeness (QED) is 0.519. The van der Waals surface area contributed by atoms with Crippen molar-refractivity contribution >= 4 is 23.7 Å². The zero-order chi connectivity index (χ0) is 16.8. The van der Waals surface area contributed by atoms with E-state index < -0.39 is 17.6 Å². The molecule has 0 spiro atoms. The van der Waals surface area contributed by atoms with Crippen LogP contribution in [0.2, 0.25) is 0 Å². The molecule has 6 heteroatoms. The molecule has 0 bridgehead atoms. The molecule has 0 aromatic heterocycles. The summed E-state index contributed by atoms with van der Waals surface area (Å²) < 4.78 is 13.4. The third-order valence-electron chi connectivity index (χ3n) is 3.33. The van der Waals surface area contributed by atoms with Crippen molar-refractivity contribution < 1.29 is 14.0 Å². The highest BCUT2D eigenvalue weighted by atomic mass is 19.1. The minimum absolute atomic E-state index is 0.211. The van der Waals surface area contributed by atoms with Gasteiger partial charge in [-0.05, 0) is 37.1 Å². The first-order chi connectivity index (χ1) is 11.0. The second kappa shape index (κ2) is 7.31. The van der Waals surface area contributed by atoms with E-state index in [1.165, 1.54) is 12.1 Å². The number of carbonyl (C=O) groups is 2. The summed E-state index contributed by atoms with van der Waals surface area (Å²) in [6, 6.07) is 11.4. The number of hydrogen-bond donors (Lipinski definition) is 2. The standard InChI is InChI=1S/C17H16FN3O2/c1-11-6-5-9-15(12(11)2)20-16(22)17(23)21-19-10-13-7-3-4-8-14(13)18/h3-10H,1-2H3,(H,20,22)(H,21,23). The number of aryl methyl sites for hydroxylation is 1. The van der Waals surface area contributed by atoms with Crippen molar-refractivity contribution in [2.45, 2.75) is 13.8 Å². The van der Waals surface area contributed by atoms with Crippen LogP contribution in [0.15, 0.2) is 47.6 Å². The zero-order valence-corrected chi connectivity index (χ0v) is 12.8. The molecular formula is C17H16FN3O2. The second-order valence-electron chi connectivity index (χ2n) is 4.92. The topological polar surface area (TPSA) is 70.6 Å². The molecular weight excluding hydrogens is 297 g/mol. The van der Waals surface area contributed by atoms with E-state index in [1.54, 1.807) is 24.3 Å². The number of nitrogens with zero attached hydrogens (tertiary/aromatic N) is 1. The van der Waals surface area contributed by atoms with Crippen molar-refractivity contribution in [3.05, 3.63) is 65.0 Å². The van der Waals surface area contributed by atoms with E-state index in [2.05, 4.69) is 15.8 Å². The van der Waals surface area contributed by atoms with Crippen LogP contribution in [-0.2, 0) is 9.59 Å². The maximum absolute atomic E-state index is 13.4. The molecule has 2 rings (SSSR count). The molecule has 0 radical (unpaired) electrons. The van der Waals surface area contributed by atoms with Gasteiger partial charge in [-0.25, -0.2) is 9.82 Å². The van der Waals surface area contributed by atoms with Crippen molar-refractivity contribution in [2.24, 2.45) is 5.10 Å². The van der Waals surface area contributed by atoms with Gasteiger partial charge in [-0.2, -0.15) is 5.10 Å². The molecule has 0 aliphatic rings. The highest BCUT2D eigenvalue weighted by molar-refractivity contribution is 6.39. The van der Waals surface area contributed by atoms with Crippen molar-refractivity contribution in [2.75, 3.05) is 5.32 Å². The largest absolute Gasteiger partial charge is 0.329 e. The van der Waals surface area contributed by atoms with Crippen LogP contribution in [-0.4, -0.2) is 18.0 Å². The third kappa shape index (κ3) is 4.23. The van der Waals surface area contributed by atoms with Crippen molar-refractivity contribution in [1.29, 1.82) is 0 Å². The smallest absolute Gasteiger partial charge is 0.317 e. The summed E-state index contributed by atoms with van der Waals surface area (Å²) in [7, 11) is 0. The third-order valence-corrected chi connectivity index (χ3v) is 3.33. The van der Waals surface area contributed by atoms with Gasteiger partial charge in [0.25, 0.3) is 0 Å². The highest BCUT2D eigenvalue weighted by Crippen LogP contribution is 2.17. The van der Waals surface area contributed by atoms with Crippen molar-refractivity contribution in [1.82, 2.24) is 5.43 Å². The summed E-state index contributed by atoms with van der Waals surface area (Å²) in [5.41, 5.74) is 4.71. The summed E-state index contributed by atoms with van der Waals surface area (Å²) in [6.07, 6.45) is 1.14. The van der Waals surface area contributed by atoms with Gasteiger partial charge >= 0.3 is 11.8 Å². The van der Waals surface area contributed by atoms with Crippen LogP contribution in [0.5, 0.6) is 0 Å². The van der Waals surface area contributed by atoms with Gasteiger partial charge < -0.3 is 5.32 Å². The molecule has 2 aromatic carbocycles. The molecule has 0 unspecified atom stereocenters. The summed E-state index contributed by atoms with van der Waals surface area (Å²) in [6.45, 7) is 3.75. The lowest BCUT2D eigenvalue weighted by atomic mass is 10.1. The van der Waals surface area contributed by atoms with E-state index in [1.807, 2.05) is 19.9 Å². The normalized spacial score (nSPS) is 10.6. The zero-order valence-electron chi connectivity index (χ0n) is 12.8. The minimum atomic E-state index is -0.932. The lowest BCUT2D eigenvalue weighted by Crippen LogP contribution is -2.32. The Morgan fingerprint density at radius 2 is 1.78 bits per heavy atom. The summed E-state index contributed by atoms with van der Waals surface area (Å²) in [5.74, 6) is -2.24. The number of hydrogen-bond acceptors (Lipinski definition) is 3. The number of hydrazone groups is 1. The van der Waals surface area contributed by atoms with Gasteiger partial charge in [0.2, 0.25) is 0 Å². The summed E-state index contributed by atoms with van der Waals surface area (Å²) in [4.78, 5) is 23.5. The Morgan fingerprint density at radius 1 is 1.04 bits per heavy atom. The monoisotopic (exact) mass is 313 g/mol. The maximum Gasteiger partial charge on any atom is 0.329 e. The second-order valence-corrected chi connectivity index (χ2v) is 4.92. The first-order valence-electron chi connectivity index (χ1n) is 6.94. The first-order valence-corrected chi connectivity index (χ1v) is 6.94. The van der Waals surface area contributed by atoms with E-state index in [9.17, 15) is 14.0 Å². The maximum atomic E-state index is 13.4. The molecule has 0 heterocycles. The molecule has 0 fully saturated rings. The Kier molecular flexibility index (Phi) is 5.19. The van der Waals surface area contributed by atoms with Gasteiger partial charge in [-0.3, -0.25) is 9.59 Å². The molecule has 23 heavy (non-hydrogen) atoms. The fraction of sp³-hybridized carbons (Fsp3) is 0.118. The molecule has 0 aliphatic heterocycles. The lowest BCUT2D eigenvalue weighted by molar-refractivity contribution is -0.136. The molecule has 2 aromatic rings. The van der Waals surface area contributed by atoms with E-state index in [4.69, 9.17) is 0 Å². The average Bonchev–Trinajstić information content (AvgIpc) is 2.53. The van der Waals surface area contributed by atoms with Gasteiger partial charge in [-0.1, -0.05) is 30.3 Å². The van der Waals surface area contributed by atoms with Crippen LogP contribution in [0, 0.1) is 19.7 Å². The average molecular weight is 313 g/mol. The predicted molar refractivity (Wildman–Crippen MR) is 86.7 cm³/mol. The molecule has 0 saturated heterocycles. The molecule has 0 saturated carbocycles. The van der Waals surface area contributed by atoms with Crippen LogP contribution < -0.4 is 10.7 Å². The fourth-order valence-electron chi connectivity index (χ4n) is 1.86. The van der Waals surface area contributed by atoms with E-state index in [0.29, 0.717) is 5.69 Å². The number of nitrogens with one attached hydrogen (secondary N) is 2. The predicted octanol–water partition coefficient (Wildman–Crippen LogP) is 2.53. The van der Waals surface area contributed by atoms with Crippen LogP contribution in [0.4, 0.5) is 10.1 Å². The summed E-state index contributed by atoms with van der Waals surface area (Å²) >= 11 is 0. The van der Waals surface area contributed by atoms with E-state index in [-0.39, 0.29) is 5.56 Å². The Balaban J connectivity index is 1.97. The SMILES string of the molecule is Cc1cccc(NC(=O)C(=O)NN=Cc2ccccc2F)c1C. The van der Waals surface area contributed by atoms with Crippen LogP contribution >= 0.6 is 0 Å². The molecule has 0 atom stereocenters. The number of carbonyl (C=O) groups excluding carboxylic acids is 2. The number of anilines is 1. The number of benzene rings is 2. The molecule has 5 nitrogen and oxygen atoms in total. The molecule has 2 amide bonds. The molecule has 118 valence electrons. The van der Waals surface area contributed by atoms with Gasteiger partial charge in [0.15, 0.2) is 0 Å². The first kappa shape index (κ1) is 16.4. The van der Waals surface area contributed by atoms with Gasteiger partial charge in [0.1, 0.15) is 5.82 Å². The molecule has 2 N–H and O–H groups in total. The highest BCUT2D eigenvalue weighted by Gasteiger charge is 2.14.